The first-order valence-electron chi connectivity index (χ1n) is 7.75. The van der Waals surface area contributed by atoms with Gasteiger partial charge in [0.1, 0.15) is 0 Å². The van der Waals surface area contributed by atoms with Crippen molar-refractivity contribution < 1.29 is 0 Å². The van der Waals surface area contributed by atoms with Gasteiger partial charge in [-0.2, -0.15) is 0 Å². The Balaban J connectivity index is 1.75. The molecule has 1 saturated carbocycles. The molecule has 1 aliphatic rings. The molecule has 0 aliphatic heterocycles. The Hall–Kier alpha value is -1.60. The quantitative estimate of drug-likeness (QED) is 0.836. The second kappa shape index (κ2) is 6.23. The zero-order chi connectivity index (χ0) is 13.8. The third-order valence-corrected chi connectivity index (χ3v) is 4.56. The third kappa shape index (κ3) is 2.94. The van der Waals surface area contributed by atoms with Gasteiger partial charge in [-0.25, -0.2) is 0 Å². The summed E-state index contributed by atoms with van der Waals surface area (Å²) in [5.41, 5.74) is 10.3. The molecule has 2 aromatic rings. The van der Waals surface area contributed by atoms with Crippen LogP contribution < -0.4 is 5.73 Å². The van der Waals surface area contributed by atoms with E-state index in [9.17, 15) is 0 Å². The largest absolute Gasteiger partial charge is 0.324 e. The molecule has 1 fully saturated rings. The van der Waals surface area contributed by atoms with Crippen molar-refractivity contribution in [2.24, 2.45) is 11.7 Å². The zero-order valence-electron chi connectivity index (χ0n) is 12.0. The van der Waals surface area contributed by atoms with Crippen LogP contribution in [0.5, 0.6) is 0 Å². The van der Waals surface area contributed by atoms with Gasteiger partial charge in [-0.15, -0.1) is 0 Å². The van der Waals surface area contributed by atoms with Crippen molar-refractivity contribution in [3.63, 3.8) is 0 Å². The molecule has 0 heterocycles. The topological polar surface area (TPSA) is 26.0 Å². The van der Waals surface area contributed by atoms with Crippen LogP contribution in [0.1, 0.15) is 43.7 Å². The number of hydrogen-bond acceptors (Lipinski definition) is 1. The minimum atomic E-state index is 0.208. The van der Waals surface area contributed by atoms with Gasteiger partial charge in [0.05, 0.1) is 0 Å². The standard InChI is InChI=1S/C19H23N/c20-19(17-9-5-2-6-10-17)18-13-11-16(12-14-18)15-7-3-1-4-8-15/h1,3-4,7-8,11-14,17,19H,2,5-6,9-10,20H2/t19-/m1/s1. The Morgan fingerprint density at radius 2 is 1.35 bits per heavy atom. The molecular weight excluding hydrogens is 242 g/mol. The molecule has 0 amide bonds. The van der Waals surface area contributed by atoms with Gasteiger partial charge in [0.15, 0.2) is 0 Å². The predicted molar refractivity (Wildman–Crippen MR) is 85.4 cm³/mol. The minimum absolute atomic E-state index is 0.208. The summed E-state index contributed by atoms with van der Waals surface area (Å²) in [6.45, 7) is 0. The lowest BCUT2D eigenvalue weighted by Gasteiger charge is -2.27. The summed E-state index contributed by atoms with van der Waals surface area (Å²) < 4.78 is 0. The lowest BCUT2D eigenvalue weighted by atomic mass is 9.81. The summed E-state index contributed by atoms with van der Waals surface area (Å²) in [5, 5.41) is 0. The van der Waals surface area contributed by atoms with Gasteiger partial charge < -0.3 is 5.73 Å². The predicted octanol–water partition coefficient (Wildman–Crippen LogP) is 4.93. The number of nitrogens with two attached hydrogens (primary N) is 1. The molecule has 20 heavy (non-hydrogen) atoms. The van der Waals surface area contributed by atoms with Crippen molar-refractivity contribution in [3.8, 4) is 11.1 Å². The average molecular weight is 265 g/mol. The van der Waals surface area contributed by atoms with E-state index in [0.717, 1.165) is 0 Å². The molecule has 0 saturated heterocycles. The molecule has 2 aromatic carbocycles. The summed E-state index contributed by atoms with van der Waals surface area (Å²) in [7, 11) is 0. The molecule has 0 spiro atoms. The summed E-state index contributed by atoms with van der Waals surface area (Å²) in [4.78, 5) is 0. The summed E-state index contributed by atoms with van der Waals surface area (Å²) >= 11 is 0. The van der Waals surface area contributed by atoms with Crippen LogP contribution >= 0.6 is 0 Å². The molecule has 0 aromatic heterocycles. The molecule has 1 atom stereocenters. The van der Waals surface area contributed by atoms with E-state index in [2.05, 4.69) is 54.6 Å². The fourth-order valence-corrected chi connectivity index (χ4v) is 3.29. The normalized spacial score (nSPS) is 17.9. The van der Waals surface area contributed by atoms with Gasteiger partial charge in [-0.1, -0.05) is 73.9 Å². The van der Waals surface area contributed by atoms with Crippen molar-refractivity contribution in [1.29, 1.82) is 0 Å². The van der Waals surface area contributed by atoms with Crippen LogP contribution in [0.15, 0.2) is 54.6 Å². The Morgan fingerprint density at radius 1 is 0.750 bits per heavy atom. The fraction of sp³-hybridized carbons (Fsp3) is 0.368. The van der Waals surface area contributed by atoms with E-state index in [1.54, 1.807) is 0 Å². The molecule has 0 unspecified atom stereocenters. The Bertz CT molecular complexity index is 523. The second-order valence-corrected chi connectivity index (χ2v) is 5.91. The second-order valence-electron chi connectivity index (χ2n) is 5.91. The molecule has 3 rings (SSSR count). The average Bonchev–Trinajstić information content (AvgIpc) is 2.56. The molecule has 0 radical (unpaired) electrons. The maximum absolute atomic E-state index is 6.46. The van der Waals surface area contributed by atoms with Crippen LogP contribution in [0.2, 0.25) is 0 Å². The highest BCUT2D eigenvalue weighted by molar-refractivity contribution is 5.63. The SMILES string of the molecule is N[C@@H](c1ccc(-c2ccccc2)cc1)C1CCCCC1. The van der Waals surface area contributed by atoms with E-state index in [1.165, 1.54) is 48.8 Å². The van der Waals surface area contributed by atoms with E-state index < -0.39 is 0 Å². The minimum Gasteiger partial charge on any atom is -0.324 e. The van der Waals surface area contributed by atoms with Crippen molar-refractivity contribution in [3.05, 3.63) is 60.2 Å². The van der Waals surface area contributed by atoms with Gasteiger partial charge >= 0.3 is 0 Å². The number of benzene rings is 2. The molecular formula is C19H23N. The zero-order valence-corrected chi connectivity index (χ0v) is 12.0. The van der Waals surface area contributed by atoms with Crippen LogP contribution in [0.4, 0.5) is 0 Å². The number of hydrogen-bond donors (Lipinski definition) is 1. The highest BCUT2D eigenvalue weighted by atomic mass is 14.7. The lowest BCUT2D eigenvalue weighted by molar-refractivity contribution is 0.308. The van der Waals surface area contributed by atoms with Crippen molar-refractivity contribution in [2.75, 3.05) is 0 Å². The maximum atomic E-state index is 6.46. The molecule has 2 N–H and O–H groups in total. The summed E-state index contributed by atoms with van der Waals surface area (Å²) in [6, 6.07) is 19.5. The third-order valence-electron chi connectivity index (χ3n) is 4.56. The van der Waals surface area contributed by atoms with Crippen molar-refractivity contribution in [1.82, 2.24) is 0 Å². The van der Waals surface area contributed by atoms with Crippen molar-refractivity contribution >= 4 is 0 Å². The Labute approximate surface area is 121 Å². The molecule has 1 heteroatoms. The van der Waals surface area contributed by atoms with Crippen LogP contribution in [-0.2, 0) is 0 Å². The van der Waals surface area contributed by atoms with Gasteiger partial charge in [0.25, 0.3) is 0 Å². The van der Waals surface area contributed by atoms with Gasteiger partial charge in [0.2, 0.25) is 0 Å². The van der Waals surface area contributed by atoms with Crippen molar-refractivity contribution in [2.45, 2.75) is 38.1 Å². The summed E-state index contributed by atoms with van der Waals surface area (Å²) in [6.07, 6.45) is 6.67. The first-order chi connectivity index (χ1) is 9.84. The maximum Gasteiger partial charge on any atom is 0.0323 e. The van der Waals surface area contributed by atoms with E-state index in [0.29, 0.717) is 5.92 Å². The first-order valence-corrected chi connectivity index (χ1v) is 7.75. The molecule has 0 bridgehead atoms. The first kappa shape index (κ1) is 13.4. The van der Waals surface area contributed by atoms with Gasteiger partial charge in [0, 0.05) is 6.04 Å². The van der Waals surface area contributed by atoms with E-state index in [1.807, 2.05) is 0 Å². The molecule has 104 valence electrons. The lowest BCUT2D eigenvalue weighted by Crippen LogP contribution is -2.23. The molecule has 1 nitrogen and oxygen atoms in total. The Kier molecular flexibility index (Phi) is 4.17. The van der Waals surface area contributed by atoms with Crippen LogP contribution in [0, 0.1) is 5.92 Å². The van der Waals surface area contributed by atoms with Gasteiger partial charge in [-0.05, 0) is 35.4 Å². The Morgan fingerprint density at radius 3 is 2.00 bits per heavy atom. The highest BCUT2D eigenvalue weighted by Gasteiger charge is 2.21. The molecule has 1 aliphatic carbocycles. The highest BCUT2D eigenvalue weighted by Crippen LogP contribution is 2.33. The van der Waals surface area contributed by atoms with Gasteiger partial charge in [-0.3, -0.25) is 0 Å². The summed E-state index contributed by atoms with van der Waals surface area (Å²) in [5.74, 6) is 0.673. The monoisotopic (exact) mass is 265 g/mol. The van der Waals surface area contributed by atoms with E-state index in [4.69, 9.17) is 5.73 Å². The van der Waals surface area contributed by atoms with Crippen LogP contribution in [-0.4, -0.2) is 0 Å². The van der Waals surface area contributed by atoms with Crippen LogP contribution in [0.25, 0.3) is 11.1 Å². The van der Waals surface area contributed by atoms with E-state index >= 15 is 0 Å². The van der Waals surface area contributed by atoms with E-state index in [-0.39, 0.29) is 6.04 Å². The smallest absolute Gasteiger partial charge is 0.0323 e. The fourth-order valence-electron chi connectivity index (χ4n) is 3.29. The van der Waals surface area contributed by atoms with Crippen LogP contribution in [0.3, 0.4) is 0 Å². The number of rotatable bonds is 3.